The number of hydrogen-bond donors (Lipinski definition) is 4. The minimum atomic E-state index is -0.782. The van der Waals surface area contributed by atoms with Crippen molar-refractivity contribution in [2.45, 2.75) is 18.3 Å². The Morgan fingerprint density at radius 1 is 1.47 bits per heavy atom. The third-order valence-corrected chi connectivity index (χ3v) is 6.46. The fourth-order valence-corrected chi connectivity index (χ4v) is 4.76. The van der Waals surface area contributed by atoms with Crippen LogP contribution < -0.4 is 21.1 Å². The summed E-state index contributed by atoms with van der Waals surface area (Å²) in [4.78, 5) is 29.4. The summed E-state index contributed by atoms with van der Waals surface area (Å²) < 4.78 is 15.9. The molecule has 32 heavy (non-hydrogen) atoms. The number of aromatic nitrogens is 2. The van der Waals surface area contributed by atoms with Gasteiger partial charge in [-0.2, -0.15) is 16.7 Å². The third-order valence-electron chi connectivity index (χ3n) is 4.35. The second-order valence-corrected chi connectivity index (χ2v) is 8.82. The van der Waals surface area contributed by atoms with Crippen molar-refractivity contribution in [3.63, 3.8) is 0 Å². The average Bonchev–Trinajstić information content (AvgIpc) is 3.26. The van der Waals surface area contributed by atoms with Crippen molar-refractivity contribution in [1.82, 2.24) is 20.8 Å². The van der Waals surface area contributed by atoms with Gasteiger partial charge in [-0.15, -0.1) is 0 Å². The smallest absolute Gasteiger partial charge is 0.340 e. The van der Waals surface area contributed by atoms with Crippen LogP contribution in [0.3, 0.4) is 0 Å². The lowest BCUT2D eigenvalue weighted by Gasteiger charge is -2.19. The van der Waals surface area contributed by atoms with E-state index >= 15 is 0 Å². The molecular weight excluding hydrogens is 526 g/mol. The maximum Gasteiger partial charge on any atom is 0.340 e. The van der Waals surface area contributed by atoms with E-state index in [1.54, 1.807) is 0 Å². The van der Waals surface area contributed by atoms with Crippen LogP contribution in [0.4, 0.5) is 0 Å². The van der Waals surface area contributed by atoms with Gasteiger partial charge in [0, 0.05) is 23.1 Å². The summed E-state index contributed by atoms with van der Waals surface area (Å²) >= 11 is 10.0. The molecule has 11 nitrogen and oxygen atoms in total. The molecule has 2 heterocycles. The Morgan fingerprint density at radius 2 is 2.25 bits per heavy atom. The summed E-state index contributed by atoms with van der Waals surface area (Å²) in [7, 11) is 1.40. The zero-order valence-electron chi connectivity index (χ0n) is 16.8. The lowest BCUT2D eigenvalue weighted by molar-refractivity contribution is -0.123. The quantitative estimate of drug-likeness (QED) is 0.322. The van der Waals surface area contributed by atoms with Crippen LogP contribution in [0.2, 0.25) is 0 Å². The Hall–Kier alpha value is -2.42. The Labute approximate surface area is 200 Å². The molecule has 172 valence electrons. The zero-order chi connectivity index (χ0) is 23.3. The number of benzene rings is 1. The number of halogens is 1. The van der Waals surface area contributed by atoms with Gasteiger partial charge in [-0.1, -0.05) is 17.4 Å². The fraction of sp³-hybridized carbons (Fsp3) is 0.389. The first-order valence-electron chi connectivity index (χ1n) is 9.25. The van der Waals surface area contributed by atoms with E-state index in [0.29, 0.717) is 26.6 Å². The first-order valence-corrected chi connectivity index (χ1v) is 11.6. The van der Waals surface area contributed by atoms with Crippen LogP contribution in [0.25, 0.3) is 0 Å². The molecule has 1 aliphatic heterocycles. The van der Waals surface area contributed by atoms with E-state index in [0.717, 1.165) is 0 Å². The van der Waals surface area contributed by atoms with E-state index in [-0.39, 0.29) is 41.8 Å². The molecule has 0 aliphatic carbocycles. The fourth-order valence-electron chi connectivity index (χ4n) is 2.79. The van der Waals surface area contributed by atoms with Crippen LogP contribution >= 0.6 is 39.9 Å². The molecule has 1 aromatic carbocycles. The SMILES string of the molecule is COc1cc(O)c2c(c1Br)C(=O)OCC(=O)NCC(=S)N[C@H](c1nc(CN)no1)CSC2. The first kappa shape index (κ1) is 24.2. The monoisotopic (exact) mass is 545 g/mol. The summed E-state index contributed by atoms with van der Waals surface area (Å²) in [5, 5.41) is 20.0. The third kappa shape index (κ3) is 5.68. The molecule has 1 atom stereocenters. The number of nitrogens with two attached hydrogens (primary N) is 1. The lowest BCUT2D eigenvalue weighted by Crippen LogP contribution is -2.40. The normalized spacial score (nSPS) is 18.1. The number of phenolic OH excluding ortho intramolecular Hbond substituents is 1. The predicted molar refractivity (Wildman–Crippen MR) is 122 cm³/mol. The van der Waals surface area contributed by atoms with Crippen molar-refractivity contribution < 1.29 is 28.7 Å². The molecule has 1 aromatic heterocycles. The minimum Gasteiger partial charge on any atom is -0.507 e. The number of phenols is 1. The van der Waals surface area contributed by atoms with Gasteiger partial charge in [0.2, 0.25) is 5.89 Å². The Balaban J connectivity index is 1.95. The minimum absolute atomic E-state index is 0.0274. The van der Waals surface area contributed by atoms with Crippen LogP contribution in [0.15, 0.2) is 15.1 Å². The van der Waals surface area contributed by atoms with Crippen molar-refractivity contribution in [3.05, 3.63) is 33.4 Å². The zero-order valence-corrected chi connectivity index (χ0v) is 20.1. The van der Waals surface area contributed by atoms with Crippen molar-refractivity contribution in [2.24, 2.45) is 5.73 Å². The van der Waals surface area contributed by atoms with E-state index in [2.05, 4.69) is 36.7 Å². The van der Waals surface area contributed by atoms with Gasteiger partial charge in [-0.25, -0.2) is 4.79 Å². The van der Waals surface area contributed by atoms with Crippen molar-refractivity contribution in [1.29, 1.82) is 0 Å². The summed E-state index contributed by atoms with van der Waals surface area (Å²) in [6.07, 6.45) is 0. The number of fused-ring (bicyclic) bond motifs is 1. The molecule has 0 unspecified atom stereocenters. The molecule has 14 heteroatoms. The Bertz CT molecular complexity index is 1030. The topological polar surface area (TPSA) is 162 Å². The molecule has 0 saturated carbocycles. The number of aromatic hydroxyl groups is 1. The number of thiocarbonyl (C=S) groups is 1. The van der Waals surface area contributed by atoms with Gasteiger partial charge in [-0.3, -0.25) is 4.79 Å². The van der Waals surface area contributed by atoms with Gasteiger partial charge < -0.3 is 35.5 Å². The number of carbonyl (C=O) groups excluding carboxylic acids is 2. The summed E-state index contributed by atoms with van der Waals surface area (Å²) in [6.45, 7) is -0.381. The van der Waals surface area contributed by atoms with Crippen molar-refractivity contribution in [3.8, 4) is 11.5 Å². The van der Waals surface area contributed by atoms with Crippen LogP contribution in [0, 0.1) is 0 Å². The first-order chi connectivity index (χ1) is 15.3. The molecule has 2 aromatic rings. The highest BCUT2D eigenvalue weighted by Gasteiger charge is 2.26. The van der Waals surface area contributed by atoms with Crippen LogP contribution in [-0.2, 0) is 21.8 Å². The molecule has 0 saturated heterocycles. The van der Waals surface area contributed by atoms with Crippen molar-refractivity contribution in [2.75, 3.05) is 26.0 Å². The predicted octanol–water partition coefficient (Wildman–Crippen LogP) is 1.18. The number of ether oxygens (including phenoxy) is 2. The standard InChI is InChI=1S/C18H20BrN5O6S2/c1-28-11-2-10(25)8-6-32-7-9(17-23-12(3-20)24-30-17)22-14(31)4-21-13(26)5-29-18(27)15(8)16(11)19/h2,9,25H,3-7,20H2,1H3,(H,21,26)(H,22,31)/t9-/m0/s1. The summed E-state index contributed by atoms with van der Waals surface area (Å²) in [5.74, 6) is 0.00839. The number of thioether (sulfide) groups is 1. The number of amides is 1. The van der Waals surface area contributed by atoms with E-state index in [4.69, 9.17) is 31.9 Å². The number of esters is 1. The highest BCUT2D eigenvalue weighted by Crippen LogP contribution is 2.39. The summed E-state index contributed by atoms with van der Waals surface area (Å²) in [5.41, 5.74) is 5.95. The van der Waals surface area contributed by atoms with Gasteiger partial charge in [-0.05, 0) is 15.9 Å². The summed E-state index contributed by atoms with van der Waals surface area (Å²) in [6, 6.07) is 0.905. The van der Waals surface area contributed by atoms with E-state index < -0.39 is 24.5 Å². The average molecular weight is 546 g/mol. The van der Waals surface area contributed by atoms with Gasteiger partial charge in [0.15, 0.2) is 12.4 Å². The molecule has 3 rings (SSSR count). The Kier molecular flexibility index (Phi) is 8.28. The maximum absolute atomic E-state index is 12.8. The van der Waals surface area contributed by atoms with E-state index in [9.17, 15) is 14.7 Å². The maximum atomic E-state index is 12.8. The number of nitrogens with one attached hydrogen (secondary N) is 2. The Morgan fingerprint density at radius 3 is 2.94 bits per heavy atom. The second-order valence-electron chi connectivity index (χ2n) is 6.51. The highest BCUT2D eigenvalue weighted by atomic mass is 79.9. The molecule has 1 aliphatic rings. The number of rotatable bonds is 3. The van der Waals surface area contributed by atoms with Crippen LogP contribution in [0.1, 0.15) is 33.7 Å². The molecule has 5 N–H and O–H groups in total. The van der Waals surface area contributed by atoms with Gasteiger partial charge >= 0.3 is 5.97 Å². The molecule has 0 bridgehead atoms. The van der Waals surface area contributed by atoms with Crippen LogP contribution in [-0.4, -0.2) is 58.1 Å². The largest absolute Gasteiger partial charge is 0.507 e. The number of carbonyl (C=O) groups is 2. The number of nitrogens with zero attached hydrogens (tertiary/aromatic N) is 2. The van der Waals surface area contributed by atoms with Gasteiger partial charge in [0.1, 0.15) is 17.5 Å². The second kappa shape index (κ2) is 10.9. The van der Waals surface area contributed by atoms with Gasteiger partial charge in [0.25, 0.3) is 5.91 Å². The highest BCUT2D eigenvalue weighted by molar-refractivity contribution is 9.10. The van der Waals surface area contributed by atoms with Gasteiger partial charge in [0.05, 0.1) is 35.2 Å². The molecule has 0 spiro atoms. The lowest BCUT2D eigenvalue weighted by atomic mass is 10.1. The molecule has 1 amide bonds. The molecular formula is C18H20BrN5O6S2. The van der Waals surface area contributed by atoms with Crippen molar-refractivity contribution >= 4 is 56.8 Å². The van der Waals surface area contributed by atoms with E-state index in [1.807, 2.05) is 0 Å². The molecule has 0 fully saturated rings. The molecule has 0 radical (unpaired) electrons. The number of hydrogen-bond acceptors (Lipinski definition) is 11. The number of cyclic esters (lactones) is 1. The van der Waals surface area contributed by atoms with E-state index in [1.165, 1.54) is 24.9 Å². The number of methoxy groups -OCH3 is 1. The van der Waals surface area contributed by atoms with Crippen LogP contribution in [0.5, 0.6) is 11.5 Å².